The zero-order valence-electron chi connectivity index (χ0n) is 11.3. The number of hydrogen-bond donors (Lipinski definition) is 2. The Morgan fingerprint density at radius 2 is 2.09 bits per heavy atom. The van der Waals surface area contributed by atoms with Crippen molar-refractivity contribution >= 4 is 5.91 Å². The predicted octanol–water partition coefficient (Wildman–Crippen LogP) is 0.752. The number of methoxy groups -OCH3 is 1. The lowest BCUT2D eigenvalue weighted by Crippen LogP contribution is -2.30. The second-order valence-corrected chi connectivity index (χ2v) is 3.85. The normalized spacial score (nSPS) is 10.4. The van der Waals surface area contributed by atoms with Crippen LogP contribution in [-0.4, -0.2) is 34.6 Å². The quantitative estimate of drug-likeness (QED) is 0.476. The maximum absolute atomic E-state index is 12.2. The van der Waals surface area contributed by atoms with Crippen LogP contribution in [0, 0.1) is 0 Å². The first kappa shape index (κ1) is 15.5. The van der Waals surface area contributed by atoms with E-state index in [2.05, 4.69) is 19.7 Å². The number of carbonyl (C=O) groups is 1. The average molecular weight is 311 g/mol. The molecule has 8 nitrogen and oxygen atoms in total. The topological polar surface area (TPSA) is 112 Å². The molecule has 2 aromatic heterocycles. The van der Waals surface area contributed by atoms with Crippen LogP contribution in [0.5, 0.6) is 11.8 Å². The summed E-state index contributed by atoms with van der Waals surface area (Å²) in [6.07, 6.45) is 2.58. The van der Waals surface area contributed by atoms with Gasteiger partial charge < -0.3 is 9.47 Å². The van der Waals surface area contributed by atoms with Crippen LogP contribution in [0.1, 0.15) is 10.5 Å². The number of amides is 1. The number of ether oxygens (including phenoxy) is 2. The van der Waals surface area contributed by atoms with Gasteiger partial charge >= 0.3 is 6.61 Å². The van der Waals surface area contributed by atoms with Crippen LogP contribution in [0.3, 0.4) is 0 Å². The number of alkyl halides is 2. The van der Waals surface area contributed by atoms with Crippen molar-refractivity contribution in [2.24, 2.45) is 5.84 Å². The van der Waals surface area contributed by atoms with Crippen LogP contribution in [0.15, 0.2) is 24.5 Å². The minimum atomic E-state index is -3.00. The maximum atomic E-state index is 12.2. The number of aromatic nitrogens is 3. The number of nitrogens with two attached hydrogens (primary N) is 1. The van der Waals surface area contributed by atoms with E-state index < -0.39 is 12.5 Å². The molecule has 0 atom stereocenters. The number of nitrogen functional groups attached to an aromatic ring is 1. The van der Waals surface area contributed by atoms with Crippen LogP contribution in [0.2, 0.25) is 0 Å². The van der Waals surface area contributed by atoms with Gasteiger partial charge in [0, 0.05) is 6.07 Å². The summed E-state index contributed by atoms with van der Waals surface area (Å²) in [4.78, 5) is 23.1. The molecule has 0 aliphatic rings. The second-order valence-electron chi connectivity index (χ2n) is 3.85. The van der Waals surface area contributed by atoms with Gasteiger partial charge in [0.15, 0.2) is 0 Å². The fourth-order valence-electron chi connectivity index (χ4n) is 1.61. The van der Waals surface area contributed by atoms with Gasteiger partial charge in [-0.25, -0.2) is 10.8 Å². The second kappa shape index (κ2) is 6.72. The number of pyridine rings is 1. The molecule has 0 unspecified atom stereocenters. The van der Waals surface area contributed by atoms with Crippen LogP contribution >= 0.6 is 0 Å². The summed E-state index contributed by atoms with van der Waals surface area (Å²) in [5.41, 5.74) is 2.52. The van der Waals surface area contributed by atoms with Crippen molar-refractivity contribution in [2.75, 3.05) is 7.11 Å². The largest absolute Gasteiger partial charge is 0.480 e. The average Bonchev–Trinajstić information content (AvgIpc) is 2.53. The lowest BCUT2D eigenvalue weighted by molar-refractivity contribution is -0.0530. The lowest BCUT2D eigenvalue weighted by Gasteiger charge is -2.10. The molecule has 3 N–H and O–H groups in total. The highest BCUT2D eigenvalue weighted by atomic mass is 19.3. The van der Waals surface area contributed by atoms with E-state index in [1.165, 1.54) is 31.6 Å². The molecule has 0 bridgehead atoms. The summed E-state index contributed by atoms with van der Waals surface area (Å²) >= 11 is 0. The zero-order valence-corrected chi connectivity index (χ0v) is 11.3. The van der Waals surface area contributed by atoms with Gasteiger partial charge in [-0.15, -0.1) is 0 Å². The van der Waals surface area contributed by atoms with E-state index in [9.17, 15) is 13.6 Å². The maximum Gasteiger partial charge on any atom is 0.388 e. The predicted molar refractivity (Wildman–Crippen MR) is 70.1 cm³/mol. The molecule has 0 spiro atoms. The van der Waals surface area contributed by atoms with Crippen molar-refractivity contribution in [2.45, 2.75) is 6.61 Å². The van der Waals surface area contributed by atoms with E-state index in [0.717, 1.165) is 0 Å². The van der Waals surface area contributed by atoms with Gasteiger partial charge in [-0.05, 0) is 6.07 Å². The number of nitrogens with one attached hydrogen (secondary N) is 1. The first-order valence-electron chi connectivity index (χ1n) is 5.88. The minimum Gasteiger partial charge on any atom is -0.480 e. The Balaban J connectivity index is 2.41. The molecule has 0 aromatic carbocycles. The Morgan fingerprint density at radius 1 is 1.32 bits per heavy atom. The Kier molecular flexibility index (Phi) is 4.73. The highest BCUT2D eigenvalue weighted by molar-refractivity contribution is 5.92. The van der Waals surface area contributed by atoms with Crippen molar-refractivity contribution in [3.63, 3.8) is 0 Å². The molecule has 0 saturated carbocycles. The molecular formula is C12H11F2N5O3. The summed E-state index contributed by atoms with van der Waals surface area (Å²) in [6.45, 7) is -3.00. The van der Waals surface area contributed by atoms with Gasteiger partial charge in [0.25, 0.3) is 5.91 Å². The van der Waals surface area contributed by atoms with E-state index in [4.69, 9.17) is 10.6 Å². The minimum absolute atomic E-state index is 0.00208. The van der Waals surface area contributed by atoms with Gasteiger partial charge in [0.05, 0.1) is 30.8 Å². The Labute approximate surface area is 123 Å². The van der Waals surface area contributed by atoms with Gasteiger partial charge in [-0.1, -0.05) is 0 Å². The number of hydrazine groups is 1. The van der Waals surface area contributed by atoms with Gasteiger partial charge in [-0.3, -0.25) is 15.2 Å². The molecule has 2 heterocycles. The van der Waals surface area contributed by atoms with Gasteiger partial charge in [-0.2, -0.15) is 13.8 Å². The molecule has 0 aliphatic heterocycles. The summed E-state index contributed by atoms with van der Waals surface area (Å²) in [7, 11) is 1.31. The van der Waals surface area contributed by atoms with Crippen LogP contribution in [-0.2, 0) is 0 Å². The van der Waals surface area contributed by atoms with E-state index in [1.807, 2.05) is 5.43 Å². The Morgan fingerprint density at radius 3 is 2.73 bits per heavy atom. The van der Waals surface area contributed by atoms with E-state index in [-0.39, 0.29) is 23.1 Å². The van der Waals surface area contributed by atoms with Crippen LogP contribution in [0.25, 0.3) is 11.3 Å². The third kappa shape index (κ3) is 3.41. The smallest absolute Gasteiger partial charge is 0.388 e. The molecule has 2 rings (SSSR count). The molecule has 0 aliphatic carbocycles. The number of hydrogen-bond acceptors (Lipinski definition) is 7. The summed E-state index contributed by atoms with van der Waals surface area (Å²) in [6, 6.07) is 2.64. The van der Waals surface area contributed by atoms with Crippen molar-refractivity contribution in [3.05, 3.63) is 30.2 Å². The van der Waals surface area contributed by atoms with Crippen molar-refractivity contribution < 1.29 is 23.0 Å². The van der Waals surface area contributed by atoms with Crippen molar-refractivity contribution in [1.29, 1.82) is 0 Å². The number of halogens is 2. The molecule has 0 saturated heterocycles. The third-order valence-corrected chi connectivity index (χ3v) is 2.51. The fourth-order valence-corrected chi connectivity index (χ4v) is 1.61. The molecule has 10 heteroatoms. The lowest BCUT2D eigenvalue weighted by atomic mass is 10.2. The number of carbonyl (C=O) groups excluding carboxylic acids is 1. The first-order chi connectivity index (χ1) is 10.5. The highest BCUT2D eigenvalue weighted by Crippen LogP contribution is 2.29. The van der Waals surface area contributed by atoms with E-state index in [1.54, 1.807) is 0 Å². The number of nitrogens with zero attached hydrogens (tertiary/aromatic N) is 3. The molecule has 1 amide bonds. The standard InChI is InChI=1S/C12H11F2N5O3/c1-21-11-6(2-3-9(18-11)22-12(13)14)7-4-16-5-8(17-7)10(20)19-15/h2-5,12H,15H2,1H3,(H,19,20). The van der Waals surface area contributed by atoms with Crippen molar-refractivity contribution in [3.8, 4) is 23.0 Å². The molecule has 116 valence electrons. The fraction of sp³-hybridized carbons (Fsp3) is 0.167. The zero-order chi connectivity index (χ0) is 16.1. The van der Waals surface area contributed by atoms with E-state index in [0.29, 0.717) is 5.56 Å². The highest BCUT2D eigenvalue weighted by Gasteiger charge is 2.15. The van der Waals surface area contributed by atoms with Crippen molar-refractivity contribution in [1.82, 2.24) is 20.4 Å². The summed E-state index contributed by atoms with van der Waals surface area (Å²) in [5, 5.41) is 0. The molecule has 0 radical (unpaired) electrons. The molecule has 22 heavy (non-hydrogen) atoms. The van der Waals surface area contributed by atoms with E-state index >= 15 is 0 Å². The Hall–Kier alpha value is -2.88. The number of rotatable bonds is 5. The molecule has 2 aromatic rings. The van der Waals surface area contributed by atoms with Gasteiger partial charge in [0.1, 0.15) is 5.69 Å². The monoisotopic (exact) mass is 311 g/mol. The molecule has 0 fully saturated rings. The van der Waals surface area contributed by atoms with Crippen LogP contribution in [0.4, 0.5) is 8.78 Å². The first-order valence-corrected chi connectivity index (χ1v) is 5.88. The summed E-state index contributed by atoms with van der Waals surface area (Å²) in [5.74, 6) is 4.09. The van der Waals surface area contributed by atoms with Crippen LogP contribution < -0.4 is 20.7 Å². The SMILES string of the molecule is COc1nc(OC(F)F)ccc1-c1cncc(C(=O)NN)n1. The van der Waals surface area contributed by atoms with Gasteiger partial charge in [0.2, 0.25) is 11.8 Å². The molecular weight excluding hydrogens is 300 g/mol. The third-order valence-electron chi connectivity index (χ3n) is 2.51. The Bertz CT molecular complexity index is 684. The summed E-state index contributed by atoms with van der Waals surface area (Å²) < 4.78 is 33.6.